The van der Waals surface area contributed by atoms with Crippen LogP contribution in [0.15, 0.2) is 112 Å². The van der Waals surface area contributed by atoms with E-state index >= 15 is 0 Å². The SMILES string of the molecule is O=C(CCN1C(=S)N[C@@H](c2ccccn2)[C@H]1c1ccc(-c2ccc(Br)cc2)o1)Nc1cccc2ccccc12. The van der Waals surface area contributed by atoms with Crippen LogP contribution in [-0.4, -0.2) is 27.4 Å². The van der Waals surface area contributed by atoms with Crippen molar-refractivity contribution >= 4 is 55.6 Å². The summed E-state index contributed by atoms with van der Waals surface area (Å²) in [5.74, 6) is 1.44. The minimum atomic E-state index is -0.262. The average molecular weight is 598 g/mol. The van der Waals surface area contributed by atoms with Gasteiger partial charge in [0.25, 0.3) is 0 Å². The first kappa shape index (κ1) is 25.3. The molecule has 1 amide bonds. The number of aromatic nitrogens is 1. The van der Waals surface area contributed by atoms with Crippen molar-refractivity contribution in [2.45, 2.75) is 18.5 Å². The number of furan rings is 1. The molecule has 2 N–H and O–H groups in total. The summed E-state index contributed by atoms with van der Waals surface area (Å²) in [6.45, 7) is 0.421. The van der Waals surface area contributed by atoms with Gasteiger partial charge >= 0.3 is 0 Å². The molecule has 0 aliphatic carbocycles. The molecule has 5 aromatic rings. The van der Waals surface area contributed by atoms with Crippen LogP contribution in [0, 0.1) is 0 Å². The number of thiocarbonyl (C=S) groups is 1. The Labute approximate surface area is 240 Å². The Morgan fingerprint density at radius 3 is 2.59 bits per heavy atom. The molecule has 0 radical (unpaired) electrons. The minimum Gasteiger partial charge on any atom is -0.459 e. The van der Waals surface area contributed by atoms with Gasteiger partial charge in [0.2, 0.25) is 5.91 Å². The monoisotopic (exact) mass is 596 g/mol. The van der Waals surface area contributed by atoms with Crippen LogP contribution in [0.1, 0.15) is 30.0 Å². The molecule has 1 aliphatic rings. The van der Waals surface area contributed by atoms with Gasteiger partial charge in [0.1, 0.15) is 17.6 Å². The van der Waals surface area contributed by atoms with Crippen molar-refractivity contribution in [3.8, 4) is 11.3 Å². The van der Waals surface area contributed by atoms with Gasteiger partial charge < -0.3 is 20.0 Å². The molecule has 6 rings (SSSR count). The van der Waals surface area contributed by atoms with Crippen LogP contribution < -0.4 is 10.6 Å². The maximum atomic E-state index is 13.1. The highest BCUT2D eigenvalue weighted by atomic mass is 79.9. The first-order valence-corrected chi connectivity index (χ1v) is 13.9. The number of amides is 1. The van der Waals surface area contributed by atoms with Gasteiger partial charge in [0.05, 0.1) is 11.7 Å². The summed E-state index contributed by atoms with van der Waals surface area (Å²) in [6, 6.07) is 31.2. The van der Waals surface area contributed by atoms with E-state index in [9.17, 15) is 4.79 Å². The van der Waals surface area contributed by atoms with Crippen LogP contribution in [0.25, 0.3) is 22.1 Å². The molecule has 8 heteroatoms. The molecule has 2 aromatic heterocycles. The first-order chi connectivity index (χ1) is 19.1. The van der Waals surface area contributed by atoms with Gasteiger partial charge in [-0.2, -0.15) is 0 Å². The topological polar surface area (TPSA) is 70.4 Å². The fourth-order valence-electron chi connectivity index (χ4n) is 5.01. The number of nitrogens with one attached hydrogen (secondary N) is 2. The molecule has 2 atom stereocenters. The summed E-state index contributed by atoms with van der Waals surface area (Å²) < 4.78 is 7.40. The number of anilines is 1. The second-order valence-corrected chi connectivity index (χ2v) is 10.7. The number of halogens is 1. The Morgan fingerprint density at radius 1 is 0.974 bits per heavy atom. The Balaban J connectivity index is 1.25. The third-order valence-electron chi connectivity index (χ3n) is 6.89. The van der Waals surface area contributed by atoms with E-state index in [1.54, 1.807) is 6.20 Å². The lowest BCUT2D eigenvalue weighted by Crippen LogP contribution is -2.32. The van der Waals surface area contributed by atoms with E-state index in [0.29, 0.717) is 11.7 Å². The molecule has 194 valence electrons. The zero-order chi connectivity index (χ0) is 26.8. The second kappa shape index (κ2) is 11.0. The highest BCUT2D eigenvalue weighted by Crippen LogP contribution is 2.40. The Hall–Kier alpha value is -4.01. The quantitative estimate of drug-likeness (QED) is 0.193. The van der Waals surface area contributed by atoms with Gasteiger partial charge in [0, 0.05) is 40.3 Å². The molecule has 0 bridgehead atoms. The van der Waals surface area contributed by atoms with Crippen molar-refractivity contribution in [3.05, 3.63) is 119 Å². The molecule has 0 saturated carbocycles. The van der Waals surface area contributed by atoms with Crippen molar-refractivity contribution < 1.29 is 9.21 Å². The van der Waals surface area contributed by atoms with Gasteiger partial charge in [-0.05, 0) is 60.1 Å². The average Bonchev–Trinajstić information content (AvgIpc) is 3.57. The molecule has 0 spiro atoms. The molecule has 6 nitrogen and oxygen atoms in total. The molecule has 0 unspecified atom stereocenters. The van der Waals surface area contributed by atoms with Crippen LogP contribution in [0.4, 0.5) is 5.69 Å². The molecule has 39 heavy (non-hydrogen) atoms. The predicted molar refractivity (Wildman–Crippen MR) is 161 cm³/mol. The highest BCUT2D eigenvalue weighted by Gasteiger charge is 2.41. The van der Waals surface area contributed by atoms with Gasteiger partial charge in [-0.25, -0.2) is 0 Å². The van der Waals surface area contributed by atoms with Crippen LogP contribution in [-0.2, 0) is 4.79 Å². The number of carbonyl (C=O) groups excluding carboxylic acids is 1. The van der Waals surface area contributed by atoms with Crippen LogP contribution >= 0.6 is 28.1 Å². The molecular formula is C31H25BrN4O2S. The molecule has 1 fully saturated rings. The number of benzene rings is 3. The smallest absolute Gasteiger partial charge is 0.226 e. The summed E-state index contributed by atoms with van der Waals surface area (Å²) in [5.41, 5.74) is 2.64. The van der Waals surface area contributed by atoms with Gasteiger partial charge in [-0.3, -0.25) is 9.78 Å². The number of hydrogen-bond acceptors (Lipinski definition) is 4. The number of hydrogen-bond donors (Lipinski definition) is 2. The Morgan fingerprint density at radius 2 is 1.77 bits per heavy atom. The lowest BCUT2D eigenvalue weighted by Gasteiger charge is -2.26. The van der Waals surface area contributed by atoms with E-state index in [-0.39, 0.29) is 24.4 Å². The zero-order valence-electron chi connectivity index (χ0n) is 20.9. The van der Waals surface area contributed by atoms with Gasteiger partial charge in [-0.15, -0.1) is 0 Å². The molecule has 1 saturated heterocycles. The standard InChI is InChI=1S/C31H25BrN4O2S/c32-22-13-11-21(12-14-22)26-15-16-27(38-26)30-29(25-9-3-4-18-33-25)35-31(39)36(30)19-17-28(37)34-24-10-5-7-20-6-1-2-8-23(20)24/h1-16,18,29-30H,17,19H2,(H,34,37)(H,35,39)/t29-,30+/m0/s1. The summed E-state index contributed by atoms with van der Waals surface area (Å²) in [6.07, 6.45) is 2.03. The van der Waals surface area contributed by atoms with Crippen molar-refractivity contribution in [2.75, 3.05) is 11.9 Å². The van der Waals surface area contributed by atoms with Crippen LogP contribution in [0.5, 0.6) is 0 Å². The number of carbonyl (C=O) groups is 1. The first-order valence-electron chi connectivity index (χ1n) is 12.7. The normalized spacial score (nSPS) is 16.8. The third-order valence-corrected chi connectivity index (χ3v) is 7.77. The Bertz CT molecular complexity index is 1630. The van der Waals surface area contributed by atoms with Crippen molar-refractivity contribution in [1.82, 2.24) is 15.2 Å². The third kappa shape index (κ3) is 5.30. The van der Waals surface area contributed by atoms with Gasteiger partial charge in [0.15, 0.2) is 5.11 Å². The summed E-state index contributed by atoms with van der Waals surface area (Å²) >= 11 is 9.25. The second-order valence-electron chi connectivity index (χ2n) is 9.35. The summed E-state index contributed by atoms with van der Waals surface area (Å²) in [4.78, 5) is 19.7. The van der Waals surface area contributed by atoms with Crippen molar-refractivity contribution in [2.24, 2.45) is 0 Å². The number of rotatable bonds is 7. The lowest BCUT2D eigenvalue weighted by molar-refractivity contribution is -0.116. The minimum absolute atomic E-state index is 0.0795. The van der Waals surface area contributed by atoms with Crippen LogP contribution in [0.2, 0.25) is 0 Å². The predicted octanol–water partition coefficient (Wildman–Crippen LogP) is 7.26. The fraction of sp³-hybridized carbons (Fsp3) is 0.129. The van der Waals surface area contributed by atoms with Gasteiger partial charge in [-0.1, -0.05) is 70.5 Å². The van der Waals surface area contributed by atoms with Crippen molar-refractivity contribution in [3.63, 3.8) is 0 Å². The maximum absolute atomic E-state index is 13.1. The number of pyridine rings is 1. The number of nitrogens with zero attached hydrogens (tertiary/aromatic N) is 2. The molecule has 1 aliphatic heterocycles. The summed E-state index contributed by atoms with van der Waals surface area (Å²) in [7, 11) is 0. The van der Waals surface area contributed by atoms with E-state index in [1.165, 1.54) is 0 Å². The lowest BCUT2D eigenvalue weighted by atomic mass is 10.0. The zero-order valence-corrected chi connectivity index (χ0v) is 23.3. The molecule has 3 aromatic carbocycles. The van der Waals surface area contributed by atoms with Crippen LogP contribution in [0.3, 0.4) is 0 Å². The highest BCUT2D eigenvalue weighted by molar-refractivity contribution is 9.10. The molecular weight excluding hydrogens is 572 g/mol. The van der Waals surface area contributed by atoms with E-state index < -0.39 is 0 Å². The Kier molecular flexibility index (Phi) is 7.13. The fourth-order valence-corrected chi connectivity index (χ4v) is 5.60. The van der Waals surface area contributed by atoms with E-state index in [2.05, 4.69) is 31.5 Å². The van der Waals surface area contributed by atoms with E-state index in [1.807, 2.05) is 102 Å². The van der Waals surface area contributed by atoms with E-state index in [0.717, 1.165) is 43.7 Å². The maximum Gasteiger partial charge on any atom is 0.226 e. The summed E-state index contributed by atoms with van der Waals surface area (Å²) in [5, 5.41) is 9.16. The molecule has 3 heterocycles. The van der Waals surface area contributed by atoms with Crippen molar-refractivity contribution in [1.29, 1.82) is 0 Å². The van der Waals surface area contributed by atoms with E-state index in [4.69, 9.17) is 16.6 Å². The largest absolute Gasteiger partial charge is 0.459 e. The number of fused-ring (bicyclic) bond motifs is 1.